The van der Waals surface area contributed by atoms with Gasteiger partial charge in [0.1, 0.15) is 0 Å². The summed E-state index contributed by atoms with van der Waals surface area (Å²) >= 11 is 0. The average Bonchev–Trinajstić information content (AvgIpc) is 2.66. The summed E-state index contributed by atoms with van der Waals surface area (Å²) in [4.78, 5) is 0. The largest absolute Gasteiger partial charge is 0.0815 e. The molecule has 3 rings (SSSR count). The van der Waals surface area contributed by atoms with Crippen LogP contribution in [0.5, 0.6) is 0 Å². The van der Waals surface area contributed by atoms with Crippen molar-refractivity contribution < 1.29 is 0 Å². The summed E-state index contributed by atoms with van der Waals surface area (Å²) < 4.78 is 0. The third-order valence-electron chi connectivity index (χ3n) is 7.03. The van der Waals surface area contributed by atoms with E-state index >= 15 is 0 Å². The summed E-state index contributed by atoms with van der Waals surface area (Å²) in [6.07, 6.45) is 12.2. The Labute approximate surface area is 125 Å². The molecule has 0 nitrogen and oxygen atoms in total. The molecule has 0 unspecified atom stereocenters. The molecule has 1 saturated carbocycles. The first-order valence-corrected chi connectivity index (χ1v) is 8.75. The van der Waals surface area contributed by atoms with Crippen molar-refractivity contribution in [3.8, 4) is 0 Å². The second-order valence-electron chi connectivity index (χ2n) is 8.58. The first-order valence-electron chi connectivity index (χ1n) is 8.75. The zero-order valence-corrected chi connectivity index (χ0v) is 14.2. The zero-order valence-electron chi connectivity index (χ0n) is 14.2. The van der Waals surface area contributed by atoms with E-state index in [1.165, 1.54) is 44.9 Å². The molecule has 1 fully saturated rings. The Morgan fingerprint density at radius 3 is 2.50 bits per heavy atom. The maximum Gasteiger partial charge on any atom is -0.00823 e. The molecule has 0 heterocycles. The second kappa shape index (κ2) is 4.75. The predicted molar refractivity (Wildman–Crippen MR) is 87.6 cm³/mol. The number of hydrogen-bond acceptors (Lipinski definition) is 0. The summed E-state index contributed by atoms with van der Waals surface area (Å²) in [6.45, 7) is 12.4. The van der Waals surface area contributed by atoms with Crippen LogP contribution in [-0.2, 0) is 0 Å². The molecule has 3 aliphatic rings. The molecule has 0 amide bonds. The van der Waals surface area contributed by atoms with Crippen molar-refractivity contribution in [3.05, 3.63) is 22.8 Å². The molecule has 20 heavy (non-hydrogen) atoms. The van der Waals surface area contributed by atoms with Crippen molar-refractivity contribution in [3.63, 3.8) is 0 Å². The van der Waals surface area contributed by atoms with Crippen LogP contribution >= 0.6 is 0 Å². The van der Waals surface area contributed by atoms with Crippen LogP contribution in [0.2, 0.25) is 0 Å². The van der Waals surface area contributed by atoms with E-state index in [9.17, 15) is 0 Å². The lowest BCUT2D eigenvalue weighted by Crippen LogP contribution is -2.36. The first-order chi connectivity index (χ1) is 9.37. The molecule has 0 aromatic carbocycles. The van der Waals surface area contributed by atoms with E-state index in [-0.39, 0.29) is 0 Å². The van der Waals surface area contributed by atoms with Crippen LogP contribution < -0.4 is 0 Å². The fraction of sp³-hybridized carbons (Fsp3) is 0.800. The minimum Gasteiger partial charge on any atom is -0.0815 e. The highest BCUT2D eigenvalue weighted by Crippen LogP contribution is 2.62. The van der Waals surface area contributed by atoms with Crippen molar-refractivity contribution in [2.24, 2.45) is 22.7 Å². The molecule has 0 aliphatic heterocycles. The van der Waals surface area contributed by atoms with Gasteiger partial charge in [-0.2, -0.15) is 0 Å². The Kier molecular flexibility index (Phi) is 3.42. The van der Waals surface area contributed by atoms with Gasteiger partial charge >= 0.3 is 0 Å². The maximum atomic E-state index is 2.59. The van der Waals surface area contributed by atoms with Crippen LogP contribution in [0.25, 0.3) is 0 Å². The van der Waals surface area contributed by atoms with Gasteiger partial charge in [0.05, 0.1) is 0 Å². The number of fused-ring (bicyclic) bond motifs is 2. The molecule has 0 heteroatoms. The van der Waals surface area contributed by atoms with Crippen molar-refractivity contribution in [2.75, 3.05) is 0 Å². The lowest BCUT2D eigenvalue weighted by Gasteiger charge is -2.47. The van der Waals surface area contributed by atoms with Gasteiger partial charge in [-0.05, 0) is 74.5 Å². The normalized spacial score (nSPS) is 41.3. The summed E-state index contributed by atoms with van der Waals surface area (Å²) in [5.41, 5.74) is 6.39. The van der Waals surface area contributed by atoms with E-state index in [1.807, 2.05) is 11.1 Å². The Bertz CT molecular complexity index is 464. The highest BCUT2D eigenvalue weighted by molar-refractivity contribution is 5.37. The molecular weight excluding hydrogens is 240 g/mol. The summed E-state index contributed by atoms with van der Waals surface area (Å²) in [7, 11) is 0. The zero-order chi connectivity index (χ0) is 14.5. The molecule has 112 valence electrons. The molecule has 0 spiro atoms. The Balaban J connectivity index is 2.06. The van der Waals surface area contributed by atoms with Gasteiger partial charge in [-0.25, -0.2) is 0 Å². The minimum atomic E-state index is 0.509. The molecule has 3 atom stereocenters. The van der Waals surface area contributed by atoms with Crippen molar-refractivity contribution in [2.45, 2.75) is 79.6 Å². The molecule has 0 N–H and O–H groups in total. The maximum absolute atomic E-state index is 2.59. The fourth-order valence-electron chi connectivity index (χ4n) is 5.58. The van der Waals surface area contributed by atoms with Crippen molar-refractivity contribution >= 4 is 0 Å². The molecule has 3 aliphatic carbocycles. The van der Waals surface area contributed by atoms with Gasteiger partial charge in [0, 0.05) is 0 Å². The van der Waals surface area contributed by atoms with E-state index in [4.69, 9.17) is 0 Å². The lowest BCUT2D eigenvalue weighted by molar-refractivity contribution is 0.143. The van der Waals surface area contributed by atoms with Gasteiger partial charge in [0.15, 0.2) is 0 Å². The predicted octanol–water partition coefficient (Wildman–Crippen LogP) is 6.29. The van der Waals surface area contributed by atoms with Crippen molar-refractivity contribution in [1.29, 1.82) is 0 Å². The number of allylic oxidation sites excluding steroid dienone is 4. The van der Waals surface area contributed by atoms with E-state index in [2.05, 4.69) is 40.7 Å². The van der Waals surface area contributed by atoms with Crippen LogP contribution in [-0.4, -0.2) is 0 Å². The van der Waals surface area contributed by atoms with E-state index in [0.29, 0.717) is 10.8 Å². The summed E-state index contributed by atoms with van der Waals surface area (Å²) in [6, 6.07) is 0. The topological polar surface area (TPSA) is 0 Å². The summed E-state index contributed by atoms with van der Waals surface area (Å²) in [5, 5.41) is 0. The Morgan fingerprint density at radius 2 is 1.80 bits per heavy atom. The second-order valence-corrected chi connectivity index (χ2v) is 8.58. The third-order valence-corrected chi connectivity index (χ3v) is 7.03. The quantitative estimate of drug-likeness (QED) is 0.492. The Hall–Kier alpha value is -0.520. The SMILES string of the molecule is CC1=CCC2=C3CC[C@H](C(C)C)[C@@]3(C)CC[C@@]2(C)CC1. The number of rotatable bonds is 1. The molecule has 0 bridgehead atoms. The molecule has 0 radical (unpaired) electrons. The van der Waals surface area contributed by atoms with Crippen LogP contribution in [0.4, 0.5) is 0 Å². The van der Waals surface area contributed by atoms with Crippen LogP contribution in [0.3, 0.4) is 0 Å². The van der Waals surface area contributed by atoms with Gasteiger partial charge in [-0.15, -0.1) is 0 Å². The molecule has 0 saturated heterocycles. The van der Waals surface area contributed by atoms with E-state index in [0.717, 1.165) is 11.8 Å². The molecule has 0 aromatic rings. The van der Waals surface area contributed by atoms with Gasteiger partial charge in [-0.1, -0.05) is 50.5 Å². The Morgan fingerprint density at radius 1 is 1.05 bits per heavy atom. The highest BCUT2D eigenvalue weighted by Gasteiger charge is 2.50. The van der Waals surface area contributed by atoms with Gasteiger partial charge in [0.2, 0.25) is 0 Å². The molecule has 0 aromatic heterocycles. The summed E-state index contributed by atoms with van der Waals surface area (Å²) in [5.74, 6) is 1.76. The van der Waals surface area contributed by atoms with E-state index < -0.39 is 0 Å². The van der Waals surface area contributed by atoms with Crippen LogP contribution in [0.1, 0.15) is 79.6 Å². The molecular formula is C20H32. The monoisotopic (exact) mass is 272 g/mol. The van der Waals surface area contributed by atoms with Gasteiger partial charge in [-0.3, -0.25) is 0 Å². The fourth-order valence-corrected chi connectivity index (χ4v) is 5.58. The van der Waals surface area contributed by atoms with Crippen molar-refractivity contribution in [1.82, 2.24) is 0 Å². The van der Waals surface area contributed by atoms with E-state index in [1.54, 1.807) is 5.57 Å². The average molecular weight is 272 g/mol. The number of hydrogen-bond donors (Lipinski definition) is 0. The third kappa shape index (κ3) is 2.02. The lowest BCUT2D eigenvalue weighted by atomic mass is 9.58. The first kappa shape index (κ1) is 14.4. The highest BCUT2D eigenvalue weighted by atomic mass is 14.5. The van der Waals surface area contributed by atoms with Crippen LogP contribution in [0.15, 0.2) is 22.8 Å². The minimum absolute atomic E-state index is 0.509. The smallest absolute Gasteiger partial charge is 0.00823 e. The standard InChI is InChI=1S/C20H32/c1-14(2)16-8-9-18-17-7-6-15(3)10-11-19(17,4)12-13-20(16,18)5/h6,14,16H,7-13H2,1-5H3/t16-,19-,20-/m1/s1. The van der Waals surface area contributed by atoms with Crippen LogP contribution in [0, 0.1) is 22.7 Å². The van der Waals surface area contributed by atoms with Gasteiger partial charge < -0.3 is 0 Å². The van der Waals surface area contributed by atoms with Gasteiger partial charge in [0.25, 0.3) is 0 Å².